The molecule has 2 aromatic heterocycles. The minimum absolute atomic E-state index is 0.173. The van der Waals surface area contributed by atoms with E-state index in [1.807, 2.05) is 25.1 Å². The van der Waals surface area contributed by atoms with Gasteiger partial charge in [-0.15, -0.1) is 0 Å². The van der Waals surface area contributed by atoms with Gasteiger partial charge in [-0.25, -0.2) is 0 Å². The van der Waals surface area contributed by atoms with Gasteiger partial charge in [0.1, 0.15) is 5.69 Å². The molecule has 0 saturated carbocycles. The molecule has 158 valence electrons. The van der Waals surface area contributed by atoms with E-state index >= 15 is 0 Å². The van der Waals surface area contributed by atoms with Gasteiger partial charge in [-0.2, -0.15) is 5.10 Å². The minimum atomic E-state index is -0.173. The number of para-hydroxylation sites is 1. The molecule has 1 N–H and O–H groups in total. The van der Waals surface area contributed by atoms with Crippen molar-refractivity contribution >= 4 is 17.7 Å². The molecule has 1 saturated heterocycles. The van der Waals surface area contributed by atoms with Crippen molar-refractivity contribution < 1.29 is 4.79 Å². The fourth-order valence-electron chi connectivity index (χ4n) is 4.45. The van der Waals surface area contributed by atoms with Crippen LogP contribution in [0.2, 0.25) is 0 Å². The Balaban J connectivity index is 1.33. The van der Waals surface area contributed by atoms with E-state index < -0.39 is 0 Å². The second kappa shape index (κ2) is 7.91. The quantitative estimate of drug-likeness (QED) is 0.711. The van der Waals surface area contributed by atoms with E-state index in [2.05, 4.69) is 60.2 Å². The second-order valence-corrected chi connectivity index (χ2v) is 8.00. The summed E-state index contributed by atoms with van der Waals surface area (Å²) >= 11 is 0. The number of rotatable bonds is 4. The molecule has 0 unspecified atom stereocenters. The van der Waals surface area contributed by atoms with Gasteiger partial charge in [-0.1, -0.05) is 18.2 Å². The number of aryl methyl sites for hydroxylation is 1. The Kier molecular flexibility index (Phi) is 4.94. The van der Waals surface area contributed by atoms with Crippen LogP contribution in [0, 0.1) is 6.92 Å². The molecule has 0 aliphatic carbocycles. The fraction of sp³-hybridized carbons (Fsp3) is 0.292. The van der Waals surface area contributed by atoms with Crippen LogP contribution in [0.15, 0.2) is 54.4 Å². The van der Waals surface area contributed by atoms with Gasteiger partial charge in [-0.05, 0) is 42.8 Å². The third-order valence-corrected chi connectivity index (χ3v) is 6.02. The SMILES string of the molecule is CNC(=O)c1cc(-c2ccccc2N2CCN(C3=Cc4cc(C)nn4C3)CC2)ccn1. The van der Waals surface area contributed by atoms with Gasteiger partial charge in [0, 0.05) is 56.4 Å². The smallest absolute Gasteiger partial charge is 0.269 e. The molecular weight excluding hydrogens is 388 g/mol. The average Bonchev–Trinajstić information content (AvgIpc) is 3.36. The Hall–Kier alpha value is -3.61. The molecule has 2 aliphatic heterocycles. The number of carbonyl (C=O) groups excluding carboxylic acids is 1. The monoisotopic (exact) mass is 414 g/mol. The molecule has 0 radical (unpaired) electrons. The lowest BCUT2D eigenvalue weighted by Crippen LogP contribution is -2.46. The number of allylic oxidation sites excluding steroid dienone is 1. The predicted molar refractivity (Wildman–Crippen MR) is 122 cm³/mol. The number of amides is 1. The topological polar surface area (TPSA) is 66.3 Å². The Labute approximate surface area is 182 Å². The van der Waals surface area contributed by atoms with Crippen molar-refractivity contribution in [1.29, 1.82) is 0 Å². The van der Waals surface area contributed by atoms with Crippen molar-refractivity contribution in [2.75, 3.05) is 38.1 Å². The summed E-state index contributed by atoms with van der Waals surface area (Å²) in [4.78, 5) is 21.1. The lowest BCUT2D eigenvalue weighted by Gasteiger charge is -2.38. The van der Waals surface area contributed by atoms with Crippen molar-refractivity contribution in [3.8, 4) is 11.1 Å². The molecule has 0 spiro atoms. The number of aromatic nitrogens is 3. The van der Waals surface area contributed by atoms with Crippen LogP contribution in [0.3, 0.4) is 0 Å². The summed E-state index contributed by atoms with van der Waals surface area (Å²) in [6.45, 7) is 6.74. The van der Waals surface area contributed by atoms with Crippen LogP contribution in [0.4, 0.5) is 5.69 Å². The number of benzene rings is 1. The third-order valence-electron chi connectivity index (χ3n) is 6.02. The summed E-state index contributed by atoms with van der Waals surface area (Å²) in [5, 5.41) is 7.21. The molecule has 0 bridgehead atoms. The zero-order valence-corrected chi connectivity index (χ0v) is 17.9. The zero-order chi connectivity index (χ0) is 21.4. The first-order valence-corrected chi connectivity index (χ1v) is 10.6. The van der Waals surface area contributed by atoms with Crippen LogP contribution in [0.25, 0.3) is 17.2 Å². The normalized spacial score (nSPS) is 15.6. The van der Waals surface area contributed by atoms with Crippen molar-refractivity contribution in [2.45, 2.75) is 13.5 Å². The van der Waals surface area contributed by atoms with Gasteiger partial charge in [0.05, 0.1) is 17.9 Å². The molecule has 3 aromatic rings. The standard InChI is InChI=1S/C24H26N6O/c1-17-13-19-15-20(16-30(19)27-17)28-9-11-29(12-10-28)23-6-4-3-5-21(23)18-7-8-26-22(14-18)24(31)25-2/h3-8,13-15H,9-12,16H2,1-2H3,(H,25,31). The van der Waals surface area contributed by atoms with Gasteiger partial charge in [0.25, 0.3) is 5.91 Å². The zero-order valence-electron chi connectivity index (χ0n) is 17.9. The summed E-state index contributed by atoms with van der Waals surface area (Å²) in [7, 11) is 1.62. The maximum Gasteiger partial charge on any atom is 0.269 e. The number of anilines is 1. The third kappa shape index (κ3) is 3.67. The largest absolute Gasteiger partial charge is 0.370 e. The number of piperazine rings is 1. The lowest BCUT2D eigenvalue weighted by atomic mass is 10.0. The molecule has 4 heterocycles. The highest BCUT2D eigenvalue weighted by Gasteiger charge is 2.24. The molecule has 7 heteroatoms. The molecule has 1 aromatic carbocycles. The summed E-state index contributed by atoms with van der Waals surface area (Å²) in [5.74, 6) is -0.173. The van der Waals surface area contributed by atoms with Crippen LogP contribution in [0.1, 0.15) is 21.9 Å². The average molecular weight is 415 g/mol. The lowest BCUT2D eigenvalue weighted by molar-refractivity contribution is 0.0958. The van der Waals surface area contributed by atoms with E-state index in [0.29, 0.717) is 5.69 Å². The Morgan fingerprint density at radius 1 is 1.03 bits per heavy atom. The number of carbonyl (C=O) groups is 1. The van der Waals surface area contributed by atoms with Crippen LogP contribution < -0.4 is 10.2 Å². The van der Waals surface area contributed by atoms with Crippen LogP contribution >= 0.6 is 0 Å². The summed E-state index contributed by atoms with van der Waals surface area (Å²) in [5.41, 5.74) is 7.37. The van der Waals surface area contributed by atoms with E-state index in [-0.39, 0.29) is 5.91 Å². The molecular formula is C24H26N6O. The van der Waals surface area contributed by atoms with Crippen LogP contribution in [-0.2, 0) is 6.54 Å². The maximum atomic E-state index is 12.0. The Morgan fingerprint density at radius 3 is 2.58 bits per heavy atom. The second-order valence-electron chi connectivity index (χ2n) is 8.00. The molecule has 31 heavy (non-hydrogen) atoms. The first-order chi connectivity index (χ1) is 15.1. The van der Waals surface area contributed by atoms with Crippen molar-refractivity contribution in [2.24, 2.45) is 0 Å². The molecule has 1 amide bonds. The van der Waals surface area contributed by atoms with Crippen molar-refractivity contribution in [1.82, 2.24) is 25.0 Å². The number of hydrogen-bond donors (Lipinski definition) is 1. The van der Waals surface area contributed by atoms with Gasteiger partial charge in [-0.3, -0.25) is 14.5 Å². The molecule has 7 nitrogen and oxygen atoms in total. The number of nitrogens with one attached hydrogen (secondary N) is 1. The first-order valence-electron chi connectivity index (χ1n) is 10.6. The van der Waals surface area contributed by atoms with Gasteiger partial charge in [0.2, 0.25) is 0 Å². The molecule has 1 fully saturated rings. The highest BCUT2D eigenvalue weighted by atomic mass is 16.1. The number of fused-ring (bicyclic) bond motifs is 1. The highest BCUT2D eigenvalue weighted by molar-refractivity contribution is 5.93. The van der Waals surface area contributed by atoms with Gasteiger partial charge >= 0.3 is 0 Å². The van der Waals surface area contributed by atoms with E-state index in [1.165, 1.54) is 17.1 Å². The number of nitrogens with zero attached hydrogens (tertiary/aromatic N) is 5. The molecule has 2 aliphatic rings. The van der Waals surface area contributed by atoms with E-state index in [4.69, 9.17) is 0 Å². The van der Waals surface area contributed by atoms with E-state index in [1.54, 1.807) is 13.2 Å². The summed E-state index contributed by atoms with van der Waals surface area (Å²) in [6, 6.07) is 14.4. The first kappa shape index (κ1) is 19.4. The van der Waals surface area contributed by atoms with Crippen LogP contribution in [0.5, 0.6) is 0 Å². The molecule has 0 atom stereocenters. The van der Waals surface area contributed by atoms with Crippen molar-refractivity contribution in [3.05, 3.63) is 71.4 Å². The minimum Gasteiger partial charge on any atom is -0.370 e. The molecule has 5 rings (SSSR count). The fourth-order valence-corrected chi connectivity index (χ4v) is 4.45. The number of hydrogen-bond acceptors (Lipinski definition) is 5. The predicted octanol–water partition coefficient (Wildman–Crippen LogP) is 2.79. The highest BCUT2D eigenvalue weighted by Crippen LogP contribution is 2.32. The van der Waals surface area contributed by atoms with Gasteiger partial charge < -0.3 is 15.1 Å². The van der Waals surface area contributed by atoms with E-state index in [0.717, 1.165) is 49.5 Å². The number of pyridine rings is 1. The van der Waals surface area contributed by atoms with Crippen LogP contribution in [-0.4, -0.2) is 58.8 Å². The van der Waals surface area contributed by atoms with Crippen molar-refractivity contribution in [3.63, 3.8) is 0 Å². The summed E-state index contributed by atoms with van der Waals surface area (Å²) < 4.78 is 2.08. The summed E-state index contributed by atoms with van der Waals surface area (Å²) in [6.07, 6.45) is 3.97. The van der Waals surface area contributed by atoms with Gasteiger partial charge in [0.15, 0.2) is 0 Å². The van der Waals surface area contributed by atoms with E-state index in [9.17, 15) is 4.79 Å². The maximum absolute atomic E-state index is 12.0. The Bertz CT molecular complexity index is 1160. The Morgan fingerprint density at radius 2 is 1.81 bits per heavy atom.